The number of hydrogen-bond donors (Lipinski definition) is 2. The third kappa shape index (κ3) is 3.60. The second-order valence-corrected chi connectivity index (χ2v) is 16.3. The molecule has 5 saturated carbocycles. The summed E-state index contributed by atoms with van der Waals surface area (Å²) < 4.78 is 0. The summed E-state index contributed by atoms with van der Waals surface area (Å²) in [7, 11) is 0. The van der Waals surface area contributed by atoms with E-state index in [-0.39, 0.29) is 11.0 Å². The van der Waals surface area contributed by atoms with Crippen molar-refractivity contribution in [2.75, 3.05) is 0 Å². The number of carboxylic acids is 1. The fraction of sp³-hybridized carbons (Fsp3) is 0.750. The first-order valence-electron chi connectivity index (χ1n) is 16.0. The first-order chi connectivity index (χ1) is 18.2. The molecule has 0 aromatic heterocycles. The van der Waals surface area contributed by atoms with Crippen molar-refractivity contribution >= 4 is 5.97 Å². The lowest BCUT2D eigenvalue weighted by Crippen LogP contribution is -2.67. The number of aromatic carboxylic acids is 1. The molecule has 5 fully saturated rings. The zero-order valence-corrected chi connectivity index (χ0v) is 25.5. The molecule has 214 valence electrons. The Labute approximate surface area is 237 Å². The topological polar surface area (TPSA) is 63.3 Å². The van der Waals surface area contributed by atoms with Gasteiger partial charge in [0.2, 0.25) is 0 Å². The highest BCUT2D eigenvalue weighted by molar-refractivity contribution is 5.87. The van der Waals surface area contributed by atoms with E-state index in [0.29, 0.717) is 45.5 Å². The van der Waals surface area contributed by atoms with Crippen LogP contribution in [0.1, 0.15) is 128 Å². The first kappa shape index (κ1) is 27.6. The maximum Gasteiger partial charge on any atom is 0.335 e. The molecule has 1 aromatic rings. The summed E-state index contributed by atoms with van der Waals surface area (Å²) in [5.41, 5.74) is 11.6. The van der Waals surface area contributed by atoms with Crippen LogP contribution in [-0.2, 0) is 0 Å². The van der Waals surface area contributed by atoms with Gasteiger partial charge >= 0.3 is 5.97 Å². The van der Waals surface area contributed by atoms with Crippen molar-refractivity contribution in [3.05, 3.63) is 47.5 Å². The fourth-order valence-corrected chi connectivity index (χ4v) is 12.7. The molecule has 3 heteroatoms. The van der Waals surface area contributed by atoms with Crippen LogP contribution in [0, 0.1) is 51.2 Å². The molecule has 1 aromatic carbocycles. The normalized spacial score (nSPS) is 48.3. The van der Waals surface area contributed by atoms with Crippen LogP contribution in [0.3, 0.4) is 0 Å². The van der Waals surface area contributed by atoms with E-state index in [9.17, 15) is 9.90 Å². The second-order valence-electron chi connectivity index (χ2n) is 16.3. The van der Waals surface area contributed by atoms with Gasteiger partial charge in [0.05, 0.1) is 5.56 Å². The molecular formula is C36H53NO2. The molecular weight excluding hydrogens is 478 g/mol. The number of hydrogen-bond acceptors (Lipinski definition) is 2. The number of nitrogens with two attached hydrogens (primary N) is 1. The van der Waals surface area contributed by atoms with Crippen molar-refractivity contribution in [1.29, 1.82) is 0 Å². The van der Waals surface area contributed by atoms with Gasteiger partial charge in [0, 0.05) is 5.54 Å². The minimum absolute atomic E-state index is 0.0222. The Hall–Kier alpha value is -1.61. The molecule has 3 nitrogen and oxygen atoms in total. The van der Waals surface area contributed by atoms with Crippen LogP contribution in [0.5, 0.6) is 0 Å². The van der Waals surface area contributed by atoms with Gasteiger partial charge < -0.3 is 10.8 Å². The molecule has 6 rings (SSSR count). The Bertz CT molecular complexity index is 1170. The molecule has 10 atom stereocenters. The monoisotopic (exact) mass is 531 g/mol. The number of rotatable bonds is 3. The SMILES string of the molecule is C=C(C)[C@@H]1CC[C@]2(N)CC[C@]3(C)[C@H](CC[C@@H]4[C@@]5(C)CC[C@@H](c6ccc(C(=O)O)cc6)C(C)(C)[C@@H]5CC[C@]43C)[C@@H]12. The van der Waals surface area contributed by atoms with E-state index in [1.54, 1.807) is 0 Å². The molecule has 0 spiro atoms. The number of fused-ring (bicyclic) bond motifs is 7. The van der Waals surface area contributed by atoms with Gasteiger partial charge in [0.25, 0.3) is 0 Å². The quantitative estimate of drug-likeness (QED) is 0.383. The standard InChI is InChI=1S/C36H53NO2/c1-22(2)25-14-19-36(37)21-20-34(6)27(30(25)36)12-13-29-33(5)17-15-26(23-8-10-24(11-9-23)31(38)39)32(3,4)28(33)16-18-35(29,34)7/h8-11,25-30H,1,12-21,37H2,2-7H3,(H,38,39)/t25-,26-,27+,28-,29+,30+,33-,34+,35+,36-/m0/s1. The van der Waals surface area contributed by atoms with E-state index in [2.05, 4.69) is 60.3 Å². The Morgan fingerprint density at radius 3 is 2.18 bits per heavy atom. The smallest absolute Gasteiger partial charge is 0.335 e. The molecule has 0 amide bonds. The summed E-state index contributed by atoms with van der Waals surface area (Å²) in [4.78, 5) is 11.5. The van der Waals surface area contributed by atoms with E-state index in [1.807, 2.05) is 12.1 Å². The summed E-state index contributed by atoms with van der Waals surface area (Å²) >= 11 is 0. The zero-order valence-electron chi connectivity index (χ0n) is 25.5. The molecule has 3 N–H and O–H groups in total. The van der Waals surface area contributed by atoms with Gasteiger partial charge in [-0.1, -0.05) is 58.9 Å². The highest BCUT2D eigenvalue weighted by atomic mass is 16.4. The van der Waals surface area contributed by atoms with E-state index in [0.717, 1.165) is 11.8 Å². The van der Waals surface area contributed by atoms with Crippen molar-refractivity contribution in [1.82, 2.24) is 0 Å². The van der Waals surface area contributed by atoms with Crippen LogP contribution in [-0.4, -0.2) is 16.6 Å². The summed E-state index contributed by atoms with van der Waals surface area (Å²) in [6.45, 7) is 19.9. The van der Waals surface area contributed by atoms with Gasteiger partial charge in [-0.25, -0.2) is 4.79 Å². The Morgan fingerprint density at radius 1 is 0.846 bits per heavy atom. The first-order valence-corrected chi connectivity index (χ1v) is 16.0. The molecule has 0 unspecified atom stereocenters. The number of carbonyl (C=O) groups is 1. The van der Waals surface area contributed by atoms with Crippen LogP contribution in [0.2, 0.25) is 0 Å². The molecule has 0 heterocycles. The van der Waals surface area contributed by atoms with Gasteiger partial charge in [-0.3, -0.25) is 0 Å². The second kappa shape index (κ2) is 8.70. The number of benzene rings is 1. The average Bonchev–Trinajstić information content (AvgIpc) is 3.22. The fourth-order valence-electron chi connectivity index (χ4n) is 12.7. The van der Waals surface area contributed by atoms with Crippen LogP contribution < -0.4 is 5.73 Å². The molecule has 5 aliphatic rings. The minimum atomic E-state index is -0.838. The molecule has 5 aliphatic carbocycles. The summed E-state index contributed by atoms with van der Waals surface area (Å²) in [5.74, 6) is 3.03. The van der Waals surface area contributed by atoms with Crippen molar-refractivity contribution in [3.63, 3.8) is 0 Å². The van der Waals surface area contributed by atoms with Gasteiger partial charge in [0.15, 0.2) is 0 Å². The van der Waals surface area contributed by atoms with Gasteiger partial charge in [0.1, 0.15) is 0 Å². The number of carboxylic acid groups (broad SMARTS) is 1. The molecule has 0 bridgehead atoms. The molecule has 0 aliphatic heterocycles. The van der Waals surface area contributed by atoms with Crippen molar-refractivity contribution in [2.24, 2.45) is 57.0 Å². The van der Waals surface area contributed by atoms with E-state index < -0.39 is 5.97 Å². The summed E-state index contributed by atoms with van der Waals surface area (Å²) in [6.07, 6.45) is 12.7. The minimum Gasteiger partial charge on any atom is -0.478 e. The van der Waals surface area contributed by atoms with E-state index in [1.165, 1.54) is 75.3 Å². The molecule has 0 radical (unpaired) electrons. The lowest BCUT2D eigenvalue weighted by Gasteiger charge is -2.73. The summed E-state index contributed by atoms with van der Waals surface area (Å²) in [6, 6.07) is 7.81. The zero-order chi connectivity index (χ0) is 28.2. The lowest BCUT2D eigenvalue weighted by molar-refractivity contribution is -0.232. The maximum absolute atomic E-state index is 11.5. The van der Waals surface area contributed by atoms with Crippen molar-refractivity contribution in [2.45, 2.75) is 117 Å². The van der Waals surface area contributed by atoms with E-state index >= 15 is 0 Å². The largest absolute Gasteiger partial charge is 0.478 e. The van der Waals surface area contributed by atoms with Crippen LogP contribution in [0.15, 0.2) is 36.4 Å². The van der Waals surface area contributed by atoms with Gasteiger partial charge in [-0.15, -0.1) is 0 Å². The third-order valence-corrected chi connectivity index (χ3v) is 14.7. The van der Waals surface area contributed by atoms with E-state index in [4.69, 9.17) is 5.73 Å². The third-order valence-electron chi connectivity index (χ3n) is 14.7. The number of allylic oxidation sites excluding steroid dienone is 1. The highest BCUT2D eigenvalue weighted by Crippen LogP contribution is 2.77. The molecule has 39 heavy (non-hydrogen) atoms. The Morgan fingerprint density at radius 2 is 1.54 bits per heavy atom. The summed E-state index contributed by atoms with van der Waals surface area (Å²) in [5, 5.41) is 9.41. The van der Waals surface area contributed by atoms with Gasteiger partial charge in [-0.2, -0.15) is 0 Å². The van der Waals surface area contributed by atoms with Crippen molar-refractivity contribution in [3.8, 4) is 0 Å². The molecule has 0 saturated heterocycles. The average molecular weight is 532 g/mol. The Kier molecular flexibility index (Phi) is 6.14. The van der Waals surface area contributed by atoms with Crippen LogP contribution in [0.25, 0.3) is 0 Å². The van der Waals surface area contributed by atoms with Crippen LogP contribution >= 0.6 is 0 Å². The Balaban J connectivity index is 1.32. The predicted molar refractivity (Wildman–Crippen MR) is 160 cm³/mol. The lowest BCUT2D eigenvalue weighted by atomic mass is 9.32. The van der Waals surface area contributed by atoms with Crippen molar-refractivity contribution < 1.29 is 9.90 Å². The predicted octanol–water partition coefficient (Wildman–Crippen LogP) is 8.84. The van der Waals surface area contributed by atoms with Crippen LogP contribution in [0.4, 0.5) is 0 Å². The highest BCUT2D eigenvalue weighted by Gasteiger charge is 2.70. The van der Waals surface area contributed by atoms with Gasteiger partial charge in [-0.05, 0) is 146 Å². The maximum atomic E-state index is 11.5.